The molecule has 0 aliphatic heterocycles. The summed E-state index contributed by atoms with van der Waals surface area (Å²) in [6, 6.07) is 18.2. The van der Waals surface area contributed by atoms with Crippen molar-refractivity contribution in [1.29, 1.82) is 0 Å². The van der Waals surface area contributed by atoms with Crippen molar-refractivity contribution in [3.63, 3.8) is 0 Å². The van der Waals surface area contributed by atoms with Gasteiger partial charge in [0.25, 0.3) is 0 Å². The minimum absolute atomic E-state index is 0.800. The van der Waals surface area contributed by atoms with Crippen molar-refractivity contribution in [3.8, 4) is 11.3 Å². The molecule has 1 N–H and O–H groups in total. The smallest absolute Gasteiger partial charge is 0.114 e. The lowest BCUT2D eigenvalue weighted by Gasteiger charge is -2.02. The predicted molar refractivity (Wildman–Crippen MR) is 69.1 cm³/mol. The van der Waals surface area contributed by atoms with Gasteiger partial charge in [0.2, 0.25) is 0 Å². The molecule has 16 heavy (non-hydrogen) atoms. The average molecular weight is 203 g/mol. The van der Waals surface area contributed by atoms with E-state index in [1.807, 2.05) is 36.4 Å². The van der Waals surface area contributed by atoms with Gasteiger partial charge in [-0.05, 0) is 17.7 Å². The van der Waals surface area contributed by atoms with Gasteiger partial charge in [-0.2, -0.15) is 0 Å². The van der Waals surface area contributed by atoms with Crippen molar-refractivity contribution in [2.45, 2.75) is 0 Å². The number of aromatic amines is 1. The molecule has 0 spiro atoms. The summed E-state index contributed by atoms with van der Waals surface area (Å²) >= 11 is 0. The van der Waals surface area contributed by atoms with E-state index in [1.165, 1.54) is 5.39 Å². The van der Waals surface area contributed by atoms with Gasteiger partial charge >= 0.3 is 0 Å². The Balaban J connectivity index is 2.23. The quantitative estimate of drug-likeness (QED) is 0.585. The lowest BCUT2D eigenvalue weighted by Crippen LogP contribution is -2.05. The lowest BCUT2D eigenvalue weighted by molar-refractivity contribution is 1.46. The minimum atomic E-state index is 0.800. The van der Waals surface area contributed by atoms with Gasteiger partial charge in [-0.3, -0.25) is 0 Å². The van der Waals surface area contributed by atoms with E-state index in [-0.39, 0.29) is 0 Å². The van der Waals surface area contributed by atoms with Crippen molar-refractivity contribution < 1.29 is 0 Å². The van der Waals surface area contributed by atoms with Crippen molar-refractivity contribution >= 4 is 24.2 Å². The Morgan fingerprint density at radius 2 is 1.62 bits per heavy atom. The largest absolute Gasteiger partial charge is 0.355 e. The fourth-order valence-corrected chi connectivity index (χ4v) is 1.96. The summed E-state index contributed by atoms with van der Waals surface area (Å²) in [4.78, 5) is 3.37. The molecule has 0 atom stereocenters. The standard InChI is InChI=1S/C14H10BN/c15-12-7-3-2-6-11(12)14-9-10-5-1-4-8-13(10)16-14/h1-9,16H. The number of rotatable bonds is 1. The molecule has 0 bridgehead atoms. The second kappa shape index (κ2) is 3.56. The van der Waals surface area contributed by atoms with E-state index >= 15 is 0 Å². The molecule has 1 nitrogen and oxygen atoms in total. The summed E-state index contributed by atoms with van der Waals surface area (Å²) < 4.78 is 0. The number of benzene rings is 2. The Labute approximate surface area is 95.5 Å². The summed E-state index contributed by atoms with van der Waals surface area (Å²) in [5.74, 6) is 0. The van der Waals surface area contributed by atoms with E-state index in [4.69, 9.17) is 7.85 Å². The number of para-hydroxylation sites is 1. The molecule has 1 aromatic heterocycles. The molecule has 0 aliphatic rings. The van der Waals surface area contributed by atoms with E-state index in [0.29, 0.717) is 0 Å². The first-order chi connectivity index (χ1) is 7.84. The van der Waals surface area contributed by atoms with Gasteiger partial charge in [0.05, 0.1) is 0 Å². The molecule has 0 saturated heterocycles. The van der Waals surface area contributed by atoms with E-state index in [0.717, 1.165) is 22.2 Å². The van der Waals surface area contributed by atoms with Crippen LogP contribution in [-0.4, -0.2) is 12.8 Å². The van der Waals surface area contributed by atoms with Crippen LogP contribution in [0.5, 0.6) is 0 Å². The molecule has 74 valence electrons. The highest BCUT2D eigenvalue weighted by Gasteiger charge is 2.03. The van der Waals surface area contributed by atoms with Crippen LogP contribution in [0.2, 0.25) is 0 Å². The molecule has 0 fully saturated rings. The highest BCUT2D eigenvalue weighted by molar-refractivity contribution is 6.35. The Kier molecular flexibility index (Phi) is 2.07. The number of H-pyrrole nitrogens is 1. The van der Waals surface area contributed by atoms with Crippen LogP contribution in [0.3, 0.4) is 0 Å². The molecular weight excluding hydrogens is 193 g/mol. The van der Waals surface area contributed by atoms with Gasteiger partial charge < -0.3 is 4.98 Å². The first-order valence-corrected chi connectivity index (χ1v) is 5.27. The van der Waals surface area contributed by atoms with Crippen LogP contribution in [0.1, 0.15) is 0 Å². The minimum Gasteiger partial charge on any atom is -0.355 e. The summed E-state index contributed by atoms with van der Waals surface area (Å²) in [6.45, 7) is 0. The number of nitrogens with one attached hydrogen (secondary N) is 1. The van der Waals surface area contributed by atoms with Crippen LogP contribution >= 0.6 is 0 Å². The van der Waals surface area contributed by atoms with Crippen molar-refractivity contribution in [3.05, 3.63) is 54.6 Å². The van der Waals surface area contributed by atoms with E-state index < -0.39 is 0 Å². The van der Waals surface area contributed by atoms with E-state index in [9.17, 15) is 0 Å². The van der Waals surface area contributed by atoms with Gasteiger partial charge in [0.15, 0.2) is 0 Å². The fourth-order valence-electron chi connectivity index (χ4n) is 1.96. The highest BCUT2D eigenvalue weighted by Crippen LogP contribution is 2.22. The van der Waals surface area contributed by atoms with E-state index in [1.54, 1.807) is 0 Å². The number of aromatic nitrogens is 1. The van der Waals surface area contributed by atoms with Crippen LogP contribution in [-0.2, 0) is 0 Å². The van der Waals surface area contributed by atoms with Crippen LogP contribution < -0.4 is 5.46 Å². The Morgan fingerprint density at radius 1 is 0.875 bits per heavy atom. The zero-order valence-corrected chi connectivity index (χ0v) is 8.77. The van der Waals surface area contributed by atoms with Crippen molar-refractivity contribution in [1.82, 2.24) is 4.98 Å². The Hall–Kier alpha value is -1.96. The summed E-state index contributed by atoms with van der Waals surface area (Å²) in [6.07, 6.45) is 0. The van der Waals surface area contributed by atoms with Gasteiger partial charge in [0, 0.05) is 16.6 Å². The number of fused-ring (bicyclic) bond motifs is 1. The lowest BCUT2D eigenvalue weighted by atomic mass is 9.89. The SMILES string of the molecule is [B]c1ccccc1-c1cc2ccccc2[nH]1. The molecule has 2 heteroatoms. The second-order valence-corrected chi connectivity index (χ2v) is 3.86. The molecule has 0 aliphatic carbocycles. The molecule has 0 saturated carbocycles. The van der Waals surface area contributed by atoms with Crippen molar-refractivity contribution in [2.24, 2.45) is 0 Å². The van der Waals surface area contributed by atoms with Crippen molar-refractivity contribution in [2.75, 3.05) is 0 Å². The van der Waals surface area contributed by atoms with Crippen LogP contribution in [0.25, 0.3) is 22.2 Å². The summed E-state index contributed by atoms with van der Waals surface area (Å²) in [7, 11) is 5.95. The maximum atomic E-state index is 5.95. The molecule has 2 radical (unpaired) electrons. The van der Waals surface area contributed by atoms with Crippen LogP contribution in [0.15, 0.2) is 54.6 Å². The fraction of sp³-hybridized carbons (Fsp3) is 0. The van der Waals surface area contributed by atoms with Gasteiger partial charge in [-0.25, -0.2) is 0 Å². The van der Waals surface area contributed by atoms with Crippen LogP contribution in [0.4, 0.5) is 0 Å². The molecule has 2 aromatic carbocycles. The normalized spacial score (nSPS) is 10.8. The molecule has 3 rings (SSSR count). The topological polar surface area (TPSA) is 15.8 Å². The number of hydrogen-bond donors (Lipinski definition) is 1. The molecular formula is C14H10BN. The van der Waals surface area contributed by atoms with E-state index in [2.05, 4.69) is 23.2 Å². The summed E-state index contributed by atoms with van der Waals surface area (Å²) in [5, 5.41) is 1.21. The van der Waals surface area contributed by atoms with Crippen LogP contribution in [0, 0.1) is 0 Å². The third-order valence-electron chi connectivity index (χ3n) is 2.78. The van der Waals surface area contributed by atoms with Gasteiger partial charge in [-0.15, -0.1) is 0 Å². The average Bonchev–Trinajstić information content (AvgIpc) is 2.73. The Morgan fingerprint density at radius 3 is 2.44 bits per heavy atom. The molecule has 0 amide bonds. The molecule has 1 heterocycles. The Bertz CT molecular complexity index is 607. The zero-order chi connectivity index (χ0) is 11.0. The van der Waals surface area contributed by atoms with Gasteiger partial charge in [0.1, 0.15) is 7.85 Å². The maximum absolute atomic E-state index is 5.95. The van der Waals surface area contributed by atoms with Gasteiger partial charge in [-0.1, -0.05) is 47.9 Å². The predicted octanol–water partition coefficient (Wildman–Crippen LogP) is 2.63. The first-order valence-electron chi connectivity index (χ1n) is 5.27. The monoisotopic (exact) mass is 203 g/mol. The second-order valence-electron chi connectivity index (χ2n) is 3.86. The zero-order valence-electron chi connectivity index (χ0n) is 8.77. The summed E-state index contributed by atoms with van der Waals surface area (Å²) in [5.41, 5.74) is 4.06. The molecule has 0 unspecified atom stereocenters. The maximum Gasteiger partial charge on any atom is 0.114 e. The third kappa shape index (κ3) is 1.43. The molecule has 3 aromatic rings. The highest BCUT2D eigenvalue weighted by atomic mass is 14.7. The number of hydrogen-bond acceptors (Lipinski definition) is 0. The third-order valence-corrected chi connectivity index (χ3v) is 2.78. The first kappa shape index (κ1) is 9.28.